The molecule has 0 radical (unpaired) electrons. The van der Waals surface area contributed by atoms with Crippen LogP contribution in [0.4, 0.5) is 0 Å². The number of aromatic carboxylic acids is 1. The lowest BCUT2D eigenvalue weighted by Gasteiger charge is -2.10. The van der Waals surface area contributed by atoms with Crippen LogP contribution in [0.15, 0.2) is 12.1 Å². The Labute approximate surface area is 131 Å². The Morgan fingerprint density at radius 2 is 1.95 bits per heavy atom. The summed E-state index contributed by atoms with van der Waals surface area (Å²) in [7, 11) is 3.31. The third-order valence-corrected chi connectivity index (χ3v) is 3.74. The third-order valence-electron chi connectivity index (χ3n) is 3.22. The zero-order chi connectivity index (χ0) is 15.7. The van der Waals surface area contributed by atoms with E-state index in [1.54, 1.807) is 26.2 Å². The van der Waals surface area contributed by atoms with Gasteiger partial charge in [0.25, 0.3) is 0 Å². The number of benzene rings is 1. The molecule has 0 fully saturated rings. The fraction of sp³-hybridized carbons (Fsp3) is 0.286. The molecule has 1 heterocycles. The number of nitrogens with one attached hydrogen (secondary N) is 1. The molecule has 0 saturated carbocycles. The molecule has 5 nitrogen and oxygen atoms in total. The molecule has 0 saturated heterocycles. The van der Waals surface area contributed by atoms with Gasteiger partial charge in [-0.25, -0.2) is 4.79 Å². The number of amides is 1. The molecule has 2 aromatic rings. The number of carbonyl (C=O) groups excluding carboxylic acids is 1. The van der Waals surface area contributed by atoms with Crippen molar-refractivity contribution < 1.29 is 14.7 Å². The number of aryl methyl sites for hydroxylation is 1. The van der Waals surface area contributed by atoms with Crippen LogP contribution in [0.1, 0.15) is 22.5 Å². The molecule has 0 aliphatic rings. The van der Waals surface area contributed by atoms with Crippen molar-refractivity contribution >= 4 is 46.0 Å². The molecule has 0 atom stereocenters. The highest BCUT2D eigenvalue weighted by Gasteiger charge is 2.20. The second kappa shape index (κ2) is 5.95. The van der Waals surface area contributed by atoms with Crippen molar-refractivity contribution in [3.05, 3.63) is 33.4 Å². The average Bonchev–Trinajstić information content (AvgIpc) is 2.74. The highest BCUT2D eigenvalue weighted by atomic mass is 35.5. The van der Waals surface area contributed by atoms with E-state index in [1.165, 1.54) is 4.90 Å². The van der Waals surface area contributed by atoms with Crippen LogP contribution in [0.5, 0.6) is 0 Å². The smallest absolute Gasteiger partial charge is 0.352 e. The van der Waals surface area contributed by atoms with Crippen LogP contribution in [-0.4, -0.2) is 41.0 Å². The molecule has 7 heteroatoms. The molecule has 0 spiro atoms. The van der Waals surface area contributed by atoms with Crippen LogP contribution in [0.3, 0.4) is 0 Å². The standard InChI is InChI=1S/C14H14Cl2N2O3/c1-18(2)11(19)4-3-8-12-9(16)5-7(15)6-10(12)17-13(8)14(20)21/h5-6,17H,3-4H2,1-2H3,(H,20,21). The van der Waals surface area contributed by atoms with Crippen molar-refractivity contribution in [2.45, 2.75) is 12.8 Å². The third kappa shape index (κ3) is 3.14. The maximum atomic E-state index is 11.7. The molecule has 1 amide bonds. The lowest BCUT2D eigenvalue weighted by molar-refractivity contribution is -0.128. The maximum Gasteiger partial charge on any atom is 0.352 e. The molecule has 0 aliphatic carbocycles. The molecule has 2 rings (SSSR count). The van der Waals surface area contributed by atoms with Gasteiger partial charge in [-0.05, 0) is 24.1 Å². The number of aromatic nitrogens is 1. The minimum atomic E-state index is -1.09. The Hall–Kier alpha value is -1.72. The summed E-state index contributed by atoms with van der Waals surface area (Å²) in [5.41, 5.74) is 1.12. The van der Waals surface area contributed by atoms with Gasteiger partial charge < -0.3 is 15.0 Å². The number of hydrogen-bond donors (Lipinski definition) is 2. The quantitative estimate of drug-likeness (QED) is 0.905. The van der Waals surface area contributed by atoms with Crippen LogP contribution >= 0.6 is 23.2 Å². The largest absolute Gasteiger partial charge is 0.477 e. The summed E-state index contributed by atoms with van der Waals surface area (Å²) in [6.45, 7) is 0. The van der Waals surface area contributed by atoms with Crippen LogP contribution < -0.4 is 0 Å². The summed E-state index contributed by atoms with van der Waals surface area (Å²) in [5, 5.41) is 10.7. The summed E-state index contributed by atoms with van der Waals surface area (Å²) in [5.74, 6) is -1.17. The molecular formula is C14H14Cl2N2O3. The molecule has 21 heavy (non-hydrogen) atoms. The summed E-state index contributed by atoms with van der Waals surface area (Å²) in [4.78, 5) is 27.3. The number of carboxylic acids is 1. The van der Waals surface area contributed by atoms with Crippen molar-refractivity contribution in [3.63, 3.8) is 0 Å². The van der Waals surface area contributed by atoms with Gasteiger partial charge in [0.1, 0.15) is 5.69 Å². The number of H-pyrrole nitrogens is 1. The van der Waals surface area contributed by atoms with Crippen LogP contribution in [0.25, 0.3) is 10.9 Å². The second-order valence-electron chi connectivity index (χ2n) is 4.88. The zero-order valence-corrected chi connectivity index (χ0v) is 13.0. The van der Waals surface area contributed by atoms with Gasteiger partial charge in [0.15, 0.2) is 0 Å². The van der Waals surface area contributed by atoms with Crippen molar-refractivity contribution in [2.75, 3.05) is 14.1 Å². The van der Waals surface area contributed by atoms with Crippen molar-refractivity contribution in [1.29, 1.82) is 0 Å². The fourth-order valence-electron chi connectivity index (χ4n) is 2.20. The summed E-state index contributed by atoms with van der Waals surface area (Å²) in [6, 6.07) is 3.18. The van der Waals surface area contributed by atoms with E-state index in [2.05, 4.69) is 4.98 Å². The van der Waals surface area contributed by atoms with Gasteiger partial charge in [-0.2, -0.15) is 0 Å². The van der Waals surface area contributed by atoms with Gasteiger partial charge >= 0.3 is 5.97 Å². The van der Waals surface area contributed by atoms with E-state index in [0.29, 0.717) is 32.9 Å². The predicted molar refractivity (Wildman–Crippen MR) is 82.3 cm³/mol. The molecule has 0 unspecified atom stereocenters. The molecule has 0 aliphatic heterocycles. The minimum Gasteiger partial charge on any atom is -0.477 e. The number of rotatable bonds is 4. The van der Waals surface area contributed by atoms with Crippen LogP contribution in [0.2, 0.25) is 10.0 Å². The first-order valence-electron chi connectivity index (χ1n) is 6.24. The lowest BCUT2D eigenvalue weighted by Crippen LogP contribution is -2.22. The van der Waals surface area contributed by atoms with Gasteiger partial charge in [0.2, 0.25) is 5.91 Å². The summed E-state index contributed by atoms with van der Waals surface area (Å²) < 4.78 is 0. The minimum absolute atomic E-state index is 0.0423. The van der Waals surface area contributed by atoms with E-state index in [1.807, 2.05) is 0 Å². The van der Waals surface area contributed by atoms with E-state index in [4.69, 9.17) is 23.2 Å². The maximum absolute atomic E-state index is 11.7. The Bertz CT molecular complexity index is 723. The predicted octanol–water partition coefficient (Wildman–Crippen LogP) is 3.19. The first-order valence-corrected chi connectivity index (χ1v) is 7.00. The number of fused-ring (bicyclic) bond motifs is 1. The van der Waals surface area contributed by atoms with E-state index in [0.717, 1.165) is 0 Å². The average molecular weight is 329 g/mol. The fourth-order valence-corrected chi connectivity index (χ4v) is 2.81. The van der Waals surface area contributed by atoms with Crippen LogP contribution in [0, 0.1) is 0 Å². The molecule has 1 aromatic carbocycles. The second-order valence-corrected chi connectivity index (χ2v) is 5.73. The molecule has 0 bridgehead atoms. The first kappa shape index (κ1) is 15.7. The monoisotopic (exact) mass is 328 g/mol. The molecular weight excluding hydrogens is 315 g/mol. The highest BCUT2D eigenvalue weighted by Crippen LogP contribution is 2.33. The summed E-state index contributed by atoms with van der Waals surface area (Å²) in [6.07, 6.45) is 0.499. The van der Waals surface area contributed by atoms with Gasteiger partial charge in [0.05, 0.1) is 5.02 Å². The van der Waals surface area contributed by atoms with E-state index >= 15 is 0 Å². The van der Waals surface area contributed by atoms with Gasteiger partial charge in [-0.3, -0.25) is 4.79 Å². The Morgan fingerprint density at radius 3 is 2.52 bits per heavy atom. The highest BCUT2D eigenvalue weighted by molar-refractivity contribution is 6.39. The van der Waals surface area contributed by atoms with Gasteiger partial charge in [-0.1, -0.05) is 23.2 Å². The number of carbonyl (C=O) groups is 2. The summed E-state index contributed by atoms with van der Waals surface area (Å²) >= 11 is 12.1. The van der Waals surface area contributed by atoms with Crippen molar-refractivity contribution in [1.82, 2.24) is 9.88 Å². The Kier molecular flexibility index (Phi) is 4.44. The van der Waals surface area contributed by atoms with E-state index in [-0.39, 0.29) is 18.0 Å². The molecule has 1 aromatic heterocycles. The topological polar surface area (TPSA) is 73.4 Å². The van der Waals surface area contributed by atoms with Crippen LogP contribution in [-0.2, 0) is 11.2 Å². The number of nitrogens with zero attached hydrogens (tertiary/aromatic N) is 1. The van der Waals surface area contributed by atoms with Gasteiger partial charge in [0, 0.05) is 36.4 Å². The Balaban J connectivity index is 2.51. The van der Waals surface area contributed by atoms with E-state index in [9.17, 15) is 14.7 Å². The van der Waals surface area contributed by atoms with Crippen molar-refractivity contribution in [3.8, 4) is 0 Å². The van der Waals surface area contributed by atoms with Crippen molar-refractivity contribution in [2.24, 2.45) is 0 Å². The first-order chi connectivity index (χ1) is 9.81. The Morgan fingerprint density at radius 1 is 1.29 bits per heavy atom. The number of halogens is 2. The molecule has 112 valence electrons. The lowest BCUT2D eigenvalue weighted by atomic mass is 10.0. The van der Waals surface area contributed by atoms with Gasteiger partial charge in [-0.15, -0.1) is 0 Å². The number of carboxylic acid groups (broad SMARTS) is 1. The zero-order valence-electron chi connectivity index (χ0n) is 11.5. The normalized spacial score (nSPS) is 10.9. The number of hydrogen-bond acceptors (Lipinski definition) is 2. The molecule has 2 N–H and O–H groups in total. The van der Waals surface area contributed by atoms with E-state index < -0.39 is 5.97 Å². The SMILES string of the molecule is CN(C)C(=O)CCc1c(C(=O)O)[nH]c2cc(Cl)cc(Cl)c12. The number of aromatic amines is 1.